The number of benzene rings is 1. The molecule has 0 N–H and O–H groups in total. The number of halogens is 1. The third-order valence-corrected chi connectivity index (χ3v) is 3.59. The van der Waals surface area contributed by atoms with Crippen molar-refractivity contribution in [3.63, 3.8) is 0 Å². The summed E-state index contributed by atoms with van der Waals surface area (Å²) >= 11 is 4.97. The fraction of sp³-hybridized carbons (Fsp3) is 0.417. The van der Waals surface area contributed by atoms with Crippen molar-refractivity contribution in [2.45, 2.75) is 24.7 Å². The van der Waals surface area contributed by atoms with E-state index in [1.165, 1.54) is 5.56 Å². The highest BCUT2D eigenvalue weighted by molar-refractivity contribution is 9.09. The Morgan fingerprint density at radius 2 is 2.20 bits per heavy atom. The van der Waals surface area contributed by atoms with E-state index < -0.39 is 0 Å². The van der Waals surface area contributed by atoms with Crippen molar-refractivity contribution < 1.29 is 4.79 Å². The van der Waals surface area contributed by atoms with Gasteiger partial charge in [0.05, 0.1) is 0 Å². The summed E-state index contributed by atoms with van der Waals surface area (Å²) in [7, 11) is 0. The average Bonchev–Trinajstić information content (AvgIpc) is 2.28. The second kappa shape index (κ2) is 6.33. The van der Waals surface area contributed by atoms with Gasteiger partial charge in [-0.05, 0) is 18.2 Å². The lowest BCUT2D eigenvalue weighted by Gasteiger charge is -2.10. The summed E-state index contributed by atoms with van der Waals surface area (Å²) in [4.78, 5) is 13.0. The number of ketones is 1. The zero-order valence-electron chi connectivity index (χ0n) is 9.05. The maximum atomic E-state index is 11.8. The van der Waals surface area contributed by atoms with Gasteiger partial charge in [0.25, 0.3) is 0 Å². The molecule has 0 aromatic heterocycles. The quantitative estimate of drug-likeness (QED) is 0.463. The van der Waals surface area contributed by atoms with E-state index in [0.29, 0.717) is 6.42 Å². The molecule has 1 nitrogen and oxygen atoms in total. The molecule has 15 heavy (non-hydrogen) atoms. The highest BCUT2D eigenvalue weighted by Crippen LogP contribution is 2.26. The normalized spacial score (nSPS) is 10.3. The van der Waals surface area contributed by atoms with Gasteiger partial charge in [-0.25, -0.2) is 0 Å². The molecule has 0 fully saturated rings. The first kappa shape index (κ1) is 12.8. The van der Waals surface area contributed by atoms with Crippen LogP contribution < -0.4 is 0 Å². The number of carbonyl (C=O) groups is 1. The first-order chi connectivity index (χ1) is 7.24. The predicted molar refractivity (Wildman–Crippen MR) is 70.3 cm³/mol. The first-order valence-electron chi connectivity index (χ1n) is 4.99. The lowest BCUT2D eigenvalue weighted by Crippen LogP contribution is -2.03. The van der Waals surface area contributed by atoms with Crippen LogP contribution >= 0.6 is 27.7 Å². The molecule has 0 unspecified atom stereocenters. The van der Waals surface area contributed by atoms with Crippen LogP contribution in [0.1, 0.15) is 29.3 Å². The topological polar surface area (TPSA) is 17.1 Å². The summed E-state index contributed by atoms with van der Waals surface area (Å²) in [6.45, 7) is 2.12. The Morgan fingerprint density at radius 1 is 1.47 bits per heavy atom. The van der Waals surface area contributed by atoms with Crippen molar-refractivity contribution in [2.75, 3.05) is 11.6 Å². The lowest BCUT2D eigenvalue weighted by molar-refractivity contribution is 0.0987. The van der Waals surface area contributed by atoms with Crippen molar-refractivity contribution in [2.24, 2.45) is 0 Å². The minimum atomic E-state index is 0.228. The van der Waals surface area contributed by atoms with Gasteiger partial charge in [0, 0.05) is 22.2 Å². The molecule has 0 aliphatic heterocycles. The van der Waals surface area contributed by atoms with E-state index in [2.05, 4.69) is 28.9 Å². The highest BCUT2D eigenvalue weighted by Gasteiger charge is 2.12. The van der Waals surface area contributed by atoms with Crippen LogP contribution in [0.15, 0.2) is 23.1 Å². The maximum Gasteiger partial charge on any atom is 0.164 e. The number of rotatable bonds is 5. The number of hydrogen-bond donors (Lipinski definition) is 0. The summed E-state index contributed by atoms with van der Waals surface area (Å²) in [5.41, 5.74) is 2.14. The smallest absolute Gasteiger partial charge is 0.164 e. The van der Waals surface area contributed by atoms with Gasteiger partial charge in [0.2, 0.25) is 0 Å². The predicted octanol–water partition coefficient (Wildman–Crippen LogP) is 3.94. The van der Waals surface area contributed by atoms with E-state index in [9.17, 15) is 4.79 Å². The molecule has 1 aromatic rings. The SMILES string of the molecule is CCc1cccc(C(=O)CCBr)c1SC. The van der Waals surface area contributed by atoms with Crippen LogP contribution in [0, 0.1) is 0 Å². The zero-order chi connectivity index (χ0) is 11.3. The van der Waals surface area contributed by atoms with Crippen LogP contribution in [0.4, 0.5) is 0 Å². The molecule has 0 amide bonds. The zero-order valence-corrected chi connectivity index (χ0v) is 11.5. The number of carbonyl (C=O) groups excluding carboxylic acids is 1. The van der Waals surface area contributed by atoms with Crippen LogP contribution in [-0.2, 0) is 6.42 Å². The standard InChI is InChI=1S/C12H15BrOS/c1-3-9-5-4-6-10(12(9)15-2)11(14)7-8-13/h4-6H,3,7-8H2,1-2H3. The van der Waals surface area contributed by atoms with Crippen molar-refractivity contribution >= 4 is 33.5 Å². The fourth-order valence-corrected chi connectivity index (χ4v) is 2.78. The van der Waals surface area contributed by atoms with Crippen LogP contribution in [0.3, 0.4) is 0 Å². The molecule has 0 saturated carbocycles. The molecule has 3 heteroatoms. The molecule has 0 spiro atoms. The minimum absolute atomic E-state index is 0.228. The number of thioether (sulfide) groups is 1. The van der Waals surface area contributed by atoms with Gasteiger partial charge in [-0.2, -0.15) is 0 Å². The summed E-state index contributed by atoms with van der Waals surface area (Å²) in [6.07, 6.45) is 3.58. The van der Waals surface area contributed by atoms with Crippen LogP contribution in [0.25, 0.3) is 0 Å². The van der Waals surface area contributed by atoms with Crippen LogP contribution in [-0.4, -0.2) is 17.4 Å². The summed E-state index contributed by atoms with van der Waals surface area (Å²) in [5, 5.41) is 0.732. The van der Waals surface area contributed by atoms with Gasteiger partial charge < -0.3 is 0 Å². The van der Waals surface area contributed by atoms with Crippen molar-refractivity contribution in [3.8, 4) is 0 Å². The second-order valence-electron chi connectivity index (χ2n) is 3.21. The maximum absolute atomic E-state index is 11.8. The molecule has 0 heterocycles. The molecule has 1 aromatic carbocycles. The Hall–Kier alpha value is -0.280. The molecular formula is C12H15BrOS. The number of aryl methyl sites for hydroxylation is 1. The largest absolute Gasteiger partial charge is 0.294 e. The molecule has 0 aliphatic rings. The van der Waals surface area contributed by atoms with Crippen molar-refractivity contribution in [1.29, 1.82) is 0 Å². The van der Waals surface area contributed by atoms with E-state index >= 15 is 0 Å². The summed E-state index contributed by atoms with van der Waals surface area (Å²) < 4.78 is 0. The third-order valence-electron chi connectivity index (χ3n) is 2.30. The monoisotopic (exact) mass is 286 g/mol. The Balaban J connectivity index is 3.11. The Bertz CT molecular complexity index is 349. The van der Waals surface area contributed by atoms with Gasteiger partial charge >= 0.3 is 0 Å². The van der Waals surface area contributed by atoms with Gasteiger partial charge in [0.1, 0.15) is 0 Å². The molecule has 82 valence electrons. The van der Waals surface area contributed by atoms with Crippen molar-refractivity contribution in [3.05, 3.63) is 29.3 Å². The summed E-state index contributed by atoms with van der Waals surface area (Å²) in [6, 6.07) is 5.99. The molecule has 0 radical (unpaired) electrons. The van der Waals surface area contributed by atoms with E-state index in [1.54, 1.807) is 11.8 Å². The van der Waals surface area contributed by atoms with Gasteiger partial charge in [-0.3, -0.25) is 4.79 Å². The van der Waals surface area contributed by atoms with E-state index in [4.69, 9.17) is 0 Å². The van der Waals surface area contributed by atoms with Gasteiger partial charge in [-0.15, -0.1) is 11.8 Å². The molecular weight excluding hydrogens is 272 g/mol. The van der Waals surface area contributed by atoms with Gasteiger partial charge in [-0.1, -0.05) is 41.1 Å². The minimum Gasteiger partial charge on any atom is -0.294 e. The molecule has 0 aliphatic carbocycles. The van der Waals surface area contributed by atoms with E-state index in [1.807, 2.05) is 18.4 Å². The van der Waals surface area contributed by atoms with Crippen LogP contribution in [0.2, 0.25) is 0 Å². The third kappa shape index (κ3) is 3.08. The van der Waals surface area contributed by atoms with E-state index in [-0.39, 0.29) is 5.78 Å². The Labute approximate surface area is 104 Å². The molecule has 0 saturated heterocycles. The second-order valence-corrected chi connectivity index (χ2v) is 4.82. The highest BCUT2D eigenvalue weighted by atomic mass is 79.9. The van der Waals surface area contributed by atoms with Crippen LogP contribution in [0.5, 0.6) is 0 Å². The average molecular weight is 287 g/mol. The lowest BCUT2D eigenvalue weighted by atomic mass is 10.0. The van der Waals surface area contributed by atoms with E-state index in [0.717, 1.165) is 22.2 Å². The first-order valence-corrected chi connectivity index (χ1v) is 7.34. The van der Waals surface area contributed by atoms with Crippen molar-refractivity contribution in [1.82, 2.24) is 0 Å². The molecule has 0 atom stereocenters. The Morgan fingerprint density at radius 3 is 2.73 bits per heavy atom. The Kier molecular flexibility index (Phi) is 5.40. The summed E-state index contributed by atoms with van der Waals surface area (Å²) in [5.74, 6) is 0.228. The molecule has 0 bridgehead atoms. The molecule has 1 rings (SSSR count). The van der Waals surface area contributed by atoms with Gasteiger partial charge in [0.15, 0.2) is 5.78 Å². The fourth-order valence-electron chi connectivity index (χ4n) is 1.54. The number of alkyl halides is 1. The number of Topliss-reactive ketones (excluding diaryl/α,β-unsaturated/α-hetero) is 1. The number of hydrogen-bond acceptors (Lipinski definition) is 2.